The molecule has 0 spiro atoms. The van der Waals surface area contributed by atoms with Gasteiger partial charge < -0.3 is 10.1 Å². The Balaban J connectivity index is 2.44. The molecular weight excluding hydrogens is 274 g/mol. The maximum Gasteiger partial charge on any atom is 0.163 e. The largest absolute Gasteiger partial charge is 0.495 e. The van der Waals surface area contributed by atoms with Gasteiger partial charge in [-0.2, -0.15) is 0 Å². The second kappa shape index (κ2) is 7.13. The van der Waals surface area contributed by atoms with Gasteiger partial charge in [-0.3, -0.25) is 4.98 Å². The second-order valence-electron chi connectivity index (χ2n) is 4.69. The van der Waals surface area contributed by atoms with Crippen molar-refractivity contribution in [2.75, 3.05) is 13.7 Å². The minimum absolute atomic E-state index is 0.263. The van der Waals surface area contributed by atoms with Crippen molar-refractivity contribution in [1.29, 1.82) is 0 Å². The quantitative estimate of drug-likeness (QED) is 0.885. The van der Waals surface area contributed by atoms with E-state index in [0.29, 0.717) is 12.3 Å². The Hall–Kier alpha value is -2.01. The SMILES string of the molecule is CCCNC(c1cncc(OC)c1)c1cccc(F)c1F. The number of pyridine rings is 1. The summed E-state index contributed by atoms with van der Waals surface area (Å²) in [5.41, 5.74) is 0.991. The van der Waals surface area contributed by atoms with E-state index in [0.717, 1.165) is 18.1 Å². The molecule has 0 saturated heterocycles. The normalized spacial score (nSPS) is 12.2. The van der Waals surface area contributed by atoms with Crippen molar-refractivity contribution in [3.8, 4) is 5.75 Å². The number of methoxy groups -OCH3 is 1. The van der Waals surface area contributed by atoms with E-state index in [1.807, 2.05) is 6.92 Å². The highest BCUT2D eigenvalue weighted by molar-refractivity contribution is 5.35. The van der Waals surface area contributed by atoms with Crippen molar-refractivity contribution in [2.45, 2.75) is 19.4 Å². The lowest BCUT2D eigenvalue weighted by Gasteiger charge is -2.20. The van der Waals surface area contributed by atoms with Gasteiger partial charge in [0.2, 0.25) is 0 Å². The van der Waals surface area contributed by atoms with E-state index in [4.69, 9.17) is 4.74 Å². The summed E-state index contributed by atoms with van der Waals surface area (Å²) in [5, 5.41) is 3.22. The molecule has 0 bridgehead atoms. The minimum atomic E-state index is -0.855. The molecule has 112 valence electrons. The number of nitrogens with one attached hydrogen (secondary N) is 1. The van der Waals surface area contributed by atoms with Crippen LogP contribution in [0, 0.1) is 11.6 Å². The zero-order chi connectivity index (χ0) is 15.2. The third-order valence-electron chi connectivity index (χ3n) is 3.19. The van der Waals surface area contributed by atoms with Crippen LogP contribution in [-0.2, 0) is 0 Å². The standard InChI is InChI=1S/C16H18F2N2O/c1-3-7-20-16(11-8-12(21-2)10-19-9-11)13-5-4-6-14(17)15(13)18/h4-6,8-10,16,20H,3,7H2,1-2H3. The molecule has 0 aliphatic rings. The highest BCUT2D eigenvalue weighted by Crippen LogP contribution is 2.27. The van der Waals surface area contributed by atoms with Gasteiger partial charge in [0.25, 0.3) is 0 Å². The van der Waals surface area contributed by atoms with Crippen molar-refractivity contribution in [2.24, 2.45) is 0 Å². The summed E-state index contributed by atoms with van der Waals surface area (Å²) in [4.78, 5) is 4.08. The number of nitrogens with zero attached hydrogens (tertiary/aromatic N) is 1. The number of halogens is 2. The molecule has 1 atom stereocenters. The van der Waals surface area contributed by atoms with Crippen molar-refractivity contribution in [3.05, 3.63) is 59.4 Å². The van der Waals surface area contributed by atoms with E-state index >= 15 is 0 Å². The Labute approximate surface area is 123 Å². The molecule has 2 rings (SSSR count). The summed E-state index contributed by atoms with van der Waals surface area (Å²) in [6.45, 7) is 2.69. The molecule has 0 aliphatic heterocycles. The first-order valence-corrected chi connectivity index (χ1v) is 6.83. The average Bonchev–Trinajstić information content (AvgIpc) is 2.52. The van der Waals surface area contributed by atoms with Crippen LogP contribution in [0.4, 0.5) is 8.78 Å². The van der Waals surface area contributed by atoms with Crippen LogP contribution in [-0.4, -0.2) is 18.6 Å². The van der Waals surface area contributed by atoms with Crippen molar-refractivity contribution in [1.82, 2.24) is 10.3 Å². The Morgan fingerprint density at radius 3 is 2.81 bits per heavy atom. The Morgan fingerprint density at radius 2 is 2.10 bits per heavy atom. The van der Waals surface area contributed by atoms with Gasteiger partial charge in [0, 0.05) is 11.8 Å². The smallest absolute Gasteiger partial charge is 0.163 e. The Morgan fingerprint density at radius 1 is 1.29 bits per heavy atom. The molecule has 0 fully saturated rings. The van der Waals surface area contributed by atoms with Gasteiger partial charge in [-0.25, -0.2) is 8.78 Å². The highest BCUT2D eigenvalue weighted by atomic mass is 19.2. The maximum absolute atomic E-state index is 14.1. The summed E-state index contributed by atoms with van der Waals surface area (Å²) in [6, 6.07) is 5.49. The molecule has 1 N–H and O–H groups in total. The maximum atomic E-state index is 14.1. The average molecular weight is 292 g/mol. The van der Waals surface area contributed by atoms with E-state index in [1.54, 1.807) is 24.5 Å². The molecule has 1 unspecified atom stereocenters. The zero-order valence-electron chi connectivity index (χ0n) is 12.1. The Bertz CT molecular complexity index is 605. The summed E-state index contributed by atoms with van der Waals surface area (Å²) < 4.78 is 32.7. The van der Waals surface area contributed by atoms with E-state index in [9.17, 15) is 8.78 Å². The number of benzene rings is 1. The first-order valence-electron chi connectivity index (χ1n) is 6.83. The van der Waals surface area contributed by atoms with E-state index in [2.05, 4.69) is 10.3 Å². The summed E-state index contributed by atoms with van der Waals surface area (Å²) in [5.74, 6) is -1.12. The van der Waals surface area contributed by atoms with Gasteiger partial charge in [0.1, 0.15) is 5.75 Å². The molecule has 0 radical (unpaired) electrons. The molecule has 21 heavy (non-hydrogen) atoms. The number of ether oxygens (including phenoxy) is 1. The number of hydrogen-bond acceptors (Lipinski definition) is 3. The van der Waals surface area contributed by atoms with Crippen molar-refractivity contribution >= 4 is 0 Å². The molecular formula is C16H18F2N2O. The number of rotatable bonds is 6. The van der Waals surface area contributed by atoms with Crippen LogP contribution in [0.2, 0.25) is 0 Å². The van der Waals surface area contributed by atoms with Crippen LogP contribution >= 0.6 is 0 Å². The first kappa shape index (κ1) is 15.4. The monoisotopic (exact) mass is 292 g/mol. The molecule has 1 heterocycles. The summed E-state index contributed by atoms with van der Waals surface area (Å²) in [7, 11) is 1.54. The summed E-state index contributed by atoms with van der Waals surface area (Å²) >= 11 is 0. The van der Waals surface area contributed by atoms with Gasteiger partial charge in [-0.15, -0.1) is 0 Å². The van der Waals surface area contributed by atoms with Crippen LogP contribution in [0.25, 0.3) is 0 Å². The third-order valence-corrected chi connectivity index (χ3v) is 3.19. The third kappa shape index (κ3) is 3.55. The predicted octanol–water partition coefficient (Wildman–Crippen LogP) is 3.46. The van der Waals surface area contributed by atoms with Gasteiger partial charge >= 0.3 is 0 Å². The molecule has 3 nitrogen and oxygen atoms in total. The fraction of sp³-hybridized carbons (Fsp3) is 0.312. The number of aromatic nitrogens is 1. The molecule has 1 aromatic carbocycles. The zero-order valence-corrected chi connectivity index (χ0v) is 12.1. The molecule has 0 aliphatic carbocycles. The Kier molecular flexibility index (Phi) is 5.22. The predicted molar refractivity (Wildman–Crippen MR) is 77.3 cm³/mol. The van der Waals surface area contributed by atoms with Gasteiger partial charge in [-0.05, 0) is 30.7 Å². The van der Waals surface area contributed by atoms with Gasteiger partial charge in [-0.1, -0.05) is 19.1 Å². The van der Waals surface area contributed by atoms with E-state index in [-0.39, 0.29) is 5.56 Å². The fourth-order valence-electron chi connectivity index (χ4n) is 2.14. The molecule has 0 saturated carbocycles. The lowest BCUT2D eigenvalue weighted by Crippen LogP contribution is -2.24. The highest BCUT2D eigenvalue weighted by Gasteiger charge is 2.20. The van der Waals surface area contributed by atoms with Crippen LogP contribution in [0.1, 0.15) is 30.5 Å². The molecule has 2 aromatic rings. The first-order chi connectivity index (χ1) is 10.2. The van der Waals surface area contributed by atoms with Crippen LogP contribution in [0.3, 0.4) is 0 Å². The van der Waals surface area contributed by atoms with E-state index in [1.165, 1.54) is 13.2 Å². The minimum Gasteiger partial charge on any atom is -0.495 e. The van der Waals surface area contributed by atoms with E-state index < -0.39 is 17.7 Å². The second-order valence-corrected chi connectivity index (χ2v) is 4.69. The number of hydrogen-bond donors (Lipinski definition) is 1. The van der Waals surface area contributed by atoms with Gasteiger partial charge in [0.05, 0.1) is 19.3 Å². The van der Waals surface area contributed by atoms with Crippen LogP contribution in [0.15, 0.2) is 36.7 Å². The van der Waals surface area contributed by atoms with Crippen LogP contribution < -0.4 is 10.1 Å². The van der Waals surface area contributed by atoms with Crippen molar-refractivity contribution < 1.29 is 13.5 Å². The summed E-state index contributed by atoms with van der Waals surface area (Å²) in [6.07, 6.45) is 4.08. The topological polar surface area (TPSA) is 34.2 Å². The lowest BCUT2D eigenvalue weighted by atomic mass is 9.99. The van der Waals surface area contributed by atoms with Gasteiger partial charge in [0.15, 0.2) is 11.6 Å². The van der Waals surface area contributed by atoms with Crippen LogP contribution in [0.5, 0.6) is 5.75 Å². The fourth-order valence-corrected chi connectivity index (χ4v) is 2.14. The molecule has 5 heteroatoms. The van der Waals surface area contributed by atoms with Crippen molar-refractivity contribution in [3.63, 3.8) is 0 Å². The molecule has 1 aromatic heterocycles. The molecule has 0 amide bonds. The lowest BCUT2D eigenvalue weighted by molar-refractivity contribution is 0.411.